The second-order valence-electron chi connectivity index (χ2n) is 1.23. The van der Waals surface area contributed by atoms with Crippen LogP contribution in [-0.2, 0) is 18.6 Å². The summed E-state index contributed by atoms with van der Waals surface area (Å²) in [7, 11) is 0. The maximum atomic E-state index is 2.17. The monoisotopic (exact) mass is 257 g/mol. The van der Waals surface area contributed by atoms with Crippen molar-refractivity contribution >= 4 is 0 Å². The number of hydrogen-bond donors (Lipinski definition) is 0. The van der Waals surface area contributed by atoms with Crippen molar-refractivity contribution in [2.45, 2.75) is 6.42 Å². The van der Waals surface area contributed by atoms with Crippen molar-refractivity contribution in [3.63, 3.8) is 0 Å². The van der Waals surface area contributed by atoms with Crippen molar-refractivity contribution in [1.82, 2.24) is 0 Å². The third kappa shape index (κ3) is 0.789. The van der Waals surface area contributed by atoms with Gasteiger partial charge in [0.1, 0.15) is 0 Å². The summed E-state index contributed by atoms with van der Waals surface area (Å²) in [6.45, 7) is 0. The molecule has 0 saturated carbocycles. The van der Waals surface area contributed by atoms with Crippen molar-refractivity contribution in [1.29, 1.82) is 0 Å². The van der Waals surface area contributed by atoms with Gasteiger partial charge in [-0.15, -0.1) is 0 Å². The van der Waals surface area contributed by atoms with E-state index in [1.54, 1.807) is 0 Å². The Morgan fingerprint density at radius 2 is 2.50 bits per heavy atom. The molecule has 6 heavy (non-hydrogen) atoms. The van der Waals surface area contributed by atoms with E-state index in [2.05, 4.69) is 18.2 Å². The molecule has 0 aromatic heterocycles. The SMILES string of the molecule is [Os][C]1=CC=CC1. The molecule has 0 unspecified atom stereocenters. The van der Waals surface area contributed by atoms with E-state index < -0.39 is 0 Å². The molecule has 0 amide bonds. The minimum absolute atomic E-state index is 1.18. The molecular formula is C5H5Os. The average molecular weight is 255 g/mol. The van der Waals surface area contributed by atoms with Crippen molar-refractivity contribution in [2.24, 2.45) is 0 Å². The van der Waals surface area contributed by atoms with Crippen LogP contribution in [0.4, 0.5) is 0 Å². The van der Waals surface area contributed by atoms with Gasteiger partial charge in [-0.2, -0.15) is 0 Å². The van der Waals surface area contributed by atoms with E-state index in [0.29, 0.717) is 0 Å². The second kappa shape index (κ2) is 1.71. The molecule has 0 heterocycles. The molecule has 1 aliphatic rings. The van der Waals surface area contributed by atoms with Crippen molar-refractivity contribution in [3.05, 3.63) is 22.4 Å². The van der Waals surface area contributed by atoms with Crippen molar-refractivity contribution < 1.29 is 18.6 Å². The van der Waals surface area contributed by atoms with Crippen LogP contribution < -0.4 is 0 Å². The summed E-state index contributed by atoms with van der Waals surface area (Å²) in [5.41, 5.74) is 0. The summed E-state index contributed by atoms with van der Waals surface area (Å²) in [5, 5.41) is 0. The Bertz CT molecular complexity index is 101. The van der Waals surface area contributed by atoms with E-state index >= 15 is 0 Å². The van der Waals surface area contributed by atoms with Crippen molar-refractivity contribution in [3.8, 4) is 0 Å². The van der Waals surface area contributed by atoms with E-state index in [4.69, 9.17) is 0 Å². The molecule has 0 aromatic rings. The van der Waals surface area contributed by atoms with E-state index in [1.807, 2.05) is 18.6 Å². The third-order valence-corrected chi connectivity index (χ3v) is 1.66. The Morgan fingerprint density at radius 3 is 2.67 bits per heavy atom. The summed E-state index contributed by atoms with van der Waals surface area (Å²) < 4.78 is 1.50. The zero-order chi connectivity index (χ0) is 4.41. The summed E-state index contributed by atoms with van der Waals surface area (Å²) >= 11 is 1.96. The summed E-state index contributed by atoms with van der Waals surface area (Å²) in [6.07, 6.45) is 7.60. The fraction of sp³-hybridized carbons (Fsp3) is 0.200. The van der Waals surface area contributed by atoms with Gasteiger partial charge in [-0.25, -0.2) is 0 Å². The first kappa shape index (κ1) is 4.28. The van der Waals surface area contributed by atoms with Crippen molar-refractivity contribution in [2.75, 3.05) is 0 Å². The van der Waals surface area contributed by atoms with Gasteiger partial charge in [-0.1, -0.05) is 0 Å². The molecule has 1 aliphatic carbocycles. The average Bonchev–Trinajstić information content (AvgIpc) is 1.86. The first-order chi connectivity index (χ1) is 2.89. The summed E-state index contributed by atoms with van der Waals surface area (Å²) in [6, 6.07) is 0. The predicted octanol–water partition coefficient (Wildman–Crippen LogP) is 1.38. The zero-order valence-electron chi connectivity index (χ0n) is 3.29. The molecule has 0 bridgehead atoms. The molecule has 0 atom stereocenters. The van der Waals surface area contributed by atoms with E-state index in [9.17, 15) is 0 Å². The van der Waals surface area contributed by atoms with Crippen LogP contribution in [0, 0.1) is 0 Å². The molecule has 0 saturated heterocycles. The topological polar surface area (TPSA) is 0 Å². The van der Waals surface area contributed by atoms with Gasteiger partial charge in [0.2, 0.25) is 0 Å². The van der Waals surface area contributed by atoms with E-state index in [-0.39, 0.29) is 0 Å². The van der Waals surface area contributed by atoms with Gasteiger partial charge in [-0.05, 0) is 0 Å². The maximum absolute atomic E-state index is 2.17. The van der Waals surface area contributed by atoms with Crippen LogP contribution in [0.5, 0.6) is 0 Å². The molecule has 0 spiro atoms. The standard InChI is InChI=1S/C5H5.Os/c1-2-4-5-3-1;/h1-3H,4H2;. The van der Waals surface area contributed by atoms with Crippen LogP contribution in [0.15, 0.2) is 22.4 Å². The molecule has 33 valence electrons. The van der Waals surface area contributed by atoms with Gasteiger partial charge < -0.3 is 0 Å². The predicted molar refractivity (Wildman–Crippen MR) is 21.8 cm³/mol. The fourth-order valence-electron chi connectivity index (χ4n) is 0.416. The van der Waals surface area contributed by atoms with E-state index in [1.165, 1.54) is 10.5 Å². The van der Waals surface area contributed by atoms with Crippen LogP contribution in [0.1, 0.15) is 6.42 Å². The summed E-state index contributed by atoms with van der Waals surface area (Å²) in [5.74, 6) is 0. The van der Waals surface area contributed by atoms with Gasteiger partial charge in [0.05, 0.1) is 0 Å². The van der Waals surface area contributed by atoms with Crippen LogP contribution in [0.2, 0.25) is 0 Å². The molecule has 0 N–H and O–H groups in total. The second-order valence-corrected chi connectivity index (χ2v) is 2.86. The van der Waals surface area contributed by atoms with Crippen LogP contribution in [0.3, 0.4) is 0 Å². The first-order valence-corrected chi connectivity index (χ1v) is 3.16. The van der Waals surface area contributed by atoms with E-state index in [0.717, 1.165) is 0 Å². The molecule has 0 radical (unpaired) electrons. The number of hydrogen-bond acceptors (Lipinski definition) is 0. The Balaban J connectivity index is 2.61. The Kier molecular flexibility index (Phi) is 1.22. The molecule has 0 aromatic carbocycles. The van der Waals surface area contributed by atoms with Crippen LogP contribution in [0.25, 0.3) is 0 Å². The minimum atomic E-state index is 1.18. The Morgan fingerprint density at radius 1 is 1.67 bits per heavy atom. The molecule has 0 nitrogen and oxygen atoms in total. The van der Waals surface area contributed by atoms with Gasteiger partial charge in [0.15, 0.2) is 0 Å². The Hall–Kier alpha value is 0.116. The molecular weight excluding hydrogens is 250 g/mol. The fourth-order valence-corrected chi connectivity index (χ4v) is 0.960. The van der Waals surface area contributed by atoms with Gasteiger partial charge in [-0.3, -0.25) is 0 Å². The van der Waals surface area contributed by atoms with Gasteiger partial charge >= 0.3 is 47.4 Å². The molecule has 1 rings (SSSR count). The number of rotatable bonds is 0. The third-order valence-electron chi connectivity index (χ3n) is 0.717. The number of allylic oxidation sites excluding steroid dienone is 4. The summed E-state index contributed by atoms with van der Waals surface area (Å²) in [4.78, 5) is 0. The molecule has 1 heteroatoms. The Labute approximate surface area is 47.9 Å². The van der Waals surface area contributed by atoms with Crippen LogP contribution in [-0.4, -0.2) is 0 Å². The quantitative estimate of drug-likeness (QED) is 0.613. The molecule has 0 fully saturated rings. The van der Waals surface area contributed by atoms with Gasteiger partial charge in [0.25, 0.3) is 0 Å². The molecule has 0 aliphatic heterocycles. The zero-order valence-corrected chi connectivity index (χ0v) is 5.83. The van der Waals surface area contributed by atoms with Gasteiger partial charge in [0, 0.05) is 0 Å². The first-order valence-electron chi connectivity index (χ1n) is 1.89. The van der Waals surface area contributed by atoms with Crippen LogP contribution >= 0.6 is 0 Å². The normalized spacial score (nSPS) is 18.5.